The lowest BCUT2D eigenvalue weighted by molar-refractivity contribution is 0.0783. The molecular weight excluding hydrogens is 288 g/mol. The molecule has 0 spiro atoms. The van der Waals surface area contributed by atoms with Crippen molar-refractivity contribution in [2.75, 3.05) is 27.7 Å². The van der Waals surface area contributed by atoms with E-state index in [0.717, 1.165) is 35.4 Å². The highest BCUT2D eigenvalue weighted by Crippen LogP contribution is 2.20. The first-order valence-electron chi connectivity index (χ1n) is 7.77. The SMILES string of the molecule is CNCCc1ccccc1C(=O)N(C)Cc1ccccc1OC. The van der Waals surface area contributed by atoms with Gasteiger partial charge in [0.25, 0.3) is 5.91 Å². The van der Waals surface area contributed by atoms with E-state index in [9.17, 15) is 4.79 Å². The van der Waals surface area contributed by atoms with E-state index < -0.39 is 0 Å². The van der Waals surface area contributed by atoms with Gasteiger partial charge in [0.05, 0.1) is 7.11 Å². The quantitative estimate of drug-likeness (QED) is 0.855. The number of hydrogen-bond acceptors (Lipinski definition) is 3. The Labute approximate surface area is 138 Å². The number of benzene rings is 2. The van der Waals surface area contributed by atoms with Gasteiger partial charge in [-0.1, -0.05) is 36.4 Å². The summed E-state index contributed by atoms with van der Waals surface area (Å²) < 4.78 is 5.36. The number of carbonyl (C=O) groups excluding carboxylic acids is 1. The summed E-state index contributed by atoms with van der Waals surface area (Å²) in [5.41, 5.74) is 2.83. The third-order valence-corrected chi connectivity index (χ3v) is 3.84. The summed E-state index contributed by atoms with van der Waals surface area (Å²) in [6.45, 7) is 1.36. The zero-order chi connectivity index (χ0) is 16.7. The van der Waals surface area contributed by atoms with Crippen molar-refractivity contribution >= 4 is 5.91 Å². The van der Waals surface area contributed by atoms with E-state index in [1.807, 2.05) is 62.6 Å². The van der Waals surface area contributed by atoms with Crippen molar-refractivity contribution in [3.63, 3.8) is 0 Å². The molecule has 0 bridgehead atoms. The molecule has 4 nitrogen and oxygen atoms in total. The molecule has 23 heavy (non-hydrogen) atoms. The van der Waals surface area contributed by atoms with Crippen LogP contribution in [0.25, 0.3) is 0 Å². The van der Waals surface area contributed by atoms with Gasteiger partial charge in [0.1, 0.15) is 5.75 Å². The van der Waals surface area contributed by atoms with Crippen LogP contribution in [-0.4, -0.2) is 38.6 Å². The van der Waals surface area contributed by atoms with Crippen molar-refractivity contribution < 1.29 is 9.53 Å². The molecule has 0 aromatic heterocycles. The molecule has 4 heteroatoms. The van der Waals surface area contributed by atoms with E-state index in [0.29, 0.717) is 6.54 Å². The highest BCUT2D eigenvalue weighted by atomic mass is 16.5. The minimum Gasteiger partial charge on any atom is -0.496 e. The summed E-state index contributed by atoms with van der Waals surface area (Å²) >= 11 is 0. The Bertz CT molecular complexity index is 655. The first kappa shape index (κ1) is 17.0. The van der Waals surface area contributed by atoms with Crippen LogP contribution in [0.15, 0.2) is 48.5 Å². The van der Waals surface area contributed by atoms with Gasteiger partial charge in [-0.2, -0.15) is 0 Å². The van der Waals surface area contributed by atoms with Gasteiger partial charge in [0.2, 0.25) is 0 Å². The molecule has 0 atom stereocenters. The third kappa shape index (κ3) is 4.33. The molecule has 0 saturated carbocycles. The Morgan fingerprint density at radius 3 is 2.43 bits per heavy atom. The monoisotopic (exact) mass is 312 g/mol. The zero-order valence-electron chi connectivity index (χ0n) is 14.0. The molecule has 0 unspecified atom stereocenters. The number of hydrogen-bond donors (Lipinski definition) is 1. The van der Waals surface area contributed by atoms with Crippen LogP contribution < -0.4 is 10.1 Å². The highest BCUT2D eigenvalue weighted by molar-refractivity contribution is 5.95. The average molecular weight is 312 g/mol. The predicted molar refractivity (Wildman–Crippen MR) is 92.9 cm³/mol. The van der Waals surface area contributed by atoms with Crippen LogP contribution in [0.1, 0.15) is 21.5 Å². The van der Waals surface area contributed by atoms with Gasteiger partial charge in [0, 0.05) is 24.7 Å². The number of ether oxygens (including phenoxy) is 1. The molecule has 2 rings (SSSR count). The maximum Gasteiger partial charge on any atom is 0.254 e. The fourth-order valence-electron chi connectivity index (χ4n) is 2.57. The highest BCUT2D eigenvalue weighted by Gasteiger charge is 2.16. The van der Waals surface area contributed by atoms with Crippen molar-refractivity contribution in [2.45, 2.75) is 13.0 Å². The molecule has 0 saturated heterocycles. The van der Waals surface area contributed by atoms with Gasteiger partial charge in [-0.05, 0) is 37.7 Å². The van der Waals surface area contributed by atoms with Gasteiger partial charge < -0.3 is 15.0 Å². The Kier molecular flexibility index (Phi) is 6.18. The minimum atomic E-state index is 0.0302. The second kappa shape index (κ2) is 8.34. The summed E-state index contributed by atoms with van der Waals surface area (Å²) in [5.74, 6) is 0.832. The molecule has 2 aromatic carbocycles. The summed E-state index contributed by atoms with van der Waals surface area (Å²) in [5, 5.41) is 3.13. The Morgan fingerprint density at radius 1 is 1.09 bits per heavy atom. The van der Waals surface area contributed by atoms with Crippen LogP contribution in [-0.2, 0) is 13.0 Å². The van der Waals surface area contributed by atoms with Gasteiger partial charge in [-0.15, -0.1) is 0 Å². The van der Waals surface area contributed by atoms with Crippen LogP contribution in [0, 0.1) is 0 Å². The number of para-hydroxylation sites is 1. The fourth-order valence-corrected chi connectivity index (χ4v) is 2.57. The summed E-state index contributed by atoms with van der Waals surface area (Å²) in [6, 6.07) is 15.6. The molecule has 0 fully saturated rings. The smallest absolute Gasteiger partial charge is 0.254 e. The number of amides is 1. The normalized spacial score (nSPS) is 10.4. The number of nitrogens with one attached hydrogen (secondary N) is 1. The molecular formula is C19H24N2O2. The molecule has 122 valence electrons. The molecule has 0 aliphatic carbocycles. The fraction of sp³-hybridized carbons (Fsp3) is 0.316. The summed E-state index contributed by atoms with van der Waals surface area (Å²) in [6.07, 6.45) is 0.834. The topological polar surface area (TPSA) is 41.6 Å². The average Bonchev–Trinajstić information content (AvgIpc) is 2.60. The number of carbonyl (C=O) groups is 1. The lowest BCUT2D eigenvalue weighted by Gasteiger charge is -2.20. The Balaban J connectivity index is 2.17. The van der Waals surface area contributed by atoms with Gasteiger partial charge >= 0.3 is 0 Å². The van der Waals surface area contributed by atoms with E-state index >= 15 is 0 Å². The minimum absolute atomic E-state index is 0.0302. The van der Waals surface area contributed by atoms with E-state index in [1.54, 1.807) is 12.0 Å². The Morgan fingerprint density at radius 2 is 1.74 bits per heavy atom. The summed E-state index contributed by atoms with van der Waals surface area (Å²) in [7, 11) is 5.38. The standard InChI is InChI=1S/C19H24N2O2/c1-20-13-12-15-8-4-6-10-17(15)19(22)21(2)14-16-9-5-7-11-18(16)23-3/h4-11,20H,12-14H2,1-3H3. The van der Waals surface area contributed by atoms with Crippen molar-refractivity contribution in [1.82, 2.24) is 10.2 Å². The molecule has 1 amide bonds. The Hall–Kier alpha value is -2.33. The van der Waals surface area contributed by atoms with Crippen molar-refractivity contribution in [2.24, 2.45) is 0 Å². The number of nitrogens with zero attached hydrogens (tertiary/aromatic N) is 1. The number of rotatable bonds is 7. The molecule has 0 radical (unpaired) electrons. The van der Waals surface area contributed by atoms with Crippen molar-refractivity contribution in [3.8, 4) is 5.75 Å². The number of methoxy groups -OCH3 is 1. The van der Waals surface area contributed by atoms with Crippen molar-refractivity contribution in [3.05, 3.63) is 65.2 Å². The van der Waals surface area contributed by atoms with Crippen LogP contribution in [0.5, 0.6) is 5.75 Å². The molecule has 2 aromatic rings. The third-order valence-electron chi connectivity index (χ3n) is 3.84. The maximum absolute atomic E-state index is 12.8. The van der Waals surface area contributed by atoms with Crippen LogP contribution in [0.2, 0.25) is 0 Å². The van der Waals surface area contributed by atoms with Crippen molar-refractivity contribution in [1.29, 1.82) is 0 Å². The second-order valence-electron chi connectivity index (χ2n) is 5.48. The molecule has 0 aliphatic rings. The molecule has 0 aliphatic heterocycles. The number of likely N-dealkylation sites (N-methyl/N-ethyl adjacent to an activating group) is 1. The first-order chi connectivity index (χ1) is 11.2. The first-order valence-corrected chi connectivity index (χ1v) is 7.77. The van der Waals surface area contributed by atoms with Crippen LogP contribution >= 0.6 is 0 Å². The molecule has 1 N–H and O–H groups in total. The van der Waals surface area contributed by atoms with Gasteiger partial charge in [-0.3, -0.25) is 4.79 Å². The maximum atomic E-state index is 12.8. The molecule has 0 heterocycles. The van der Waals surface area contributed by atoms with Crippen LogP contribution in [0.3, 0.4) is 0 Å². The van der Waals surface area contributed by atoms with E-state index in [-0.39, 0.29) is 5.91 Å². The van der Waals surface area contributed by atoms with Crippen LogP contribution in [0.4, 0.5) is 0 Å². The predicted octanol–water partition coefficient (Wildman–Crippen LogP) is 2.73. The lowest BCUT2D eigenvalue weighted by atomic mass is 10.0. The van der Waals surface area contributed by atoms with E-state index in [1.165, 1.54) is 0 Å². The summed E-state index contributed by atoms with van der Waals surface area (Å²) in [4.78, 5) is 14.5. The second-order valence-corrected chi connectivity index (χ2v) is 5.48. The van der Waals surface area contributed by atoms with Gasteiger partial charge in [0.15, 0.2) is 0 Å². The van der Waals surface area contributed by atoms with Gasteiger partial charge in [-0.25, -0.2) is 0 Å². The van der Waals surface area contributed by atoms with E-state index in [2.05, 4.69) is 5.32 Å². The lowest BCUT2D eigenvalue weighted by Crippen LogP contribution is -2.27. The van der Waals surface area contributed by atoms with E-state index in [4.69, 9.17) is 4.74 Å². The largest absolute Gasteiger partial charge is 0.496 e. The zero-order valence-corrected chi connectivity index (χ0v) is 14.0.